The van der Waals surface area contributed by atoms with Gasteiger partial charge >= 0.3 is 0 Å². The number of anilines is 6. The van der Waals surface area contributed by atoms with E-state index in [1.54, 1.807) is 0 Å². The van der Waals surface area contributed by atoms with Crippen LogP contribution in [-0.4, -0.2) is 15.8 Å². The third-order valence-electron chi connectivity index (χ3n) is 28.1. The average Bonchev–Trinajstić information content (AvgIpc) is 0.815. The fraction of sp³-hybridized carbons (Fsp3) is 0.184. The van der Waals surface area contributed by atoms with Gasteiger partial charge in [0.15, 0.2) is 0 Å². The van der Waals surface area contributed by atoms with Crippen LogP contribution in [0.4, 0.5) is 34.1 Å². The molecule has 4 heterocycles. The maximum Gasteiger partial charge on any atom is 0.252 e. The van der Waals surface area contributed by atoms with Gasteiger partial charge in [-0.3, -0.25) is 0 Å². The molecular weight excluding hydrogens is 1570 g/mol. The van der Waals surface area contributed by atoms with Gasteiger partial charge in [-0.1, -0.05) is 341 Å². The predicted molar refractivity (Wildman–Crippen MR) is 560 cm³/mol. The van der Waals surface area contributed by atoms with Crippen molar-refractivity contribution in [3.8, 4) is 100 Å². The highest BCUT2D eigenvalue weighted by molar-refractivity contribution is 7.00. The van der Waals surface area contributed by atoms with E-state index in [1.165, 1.54) is 121 Å². The summed E-state index contributed by atoms with van der Waals surface area (Å²) in [5.41, 5.74) is 44.5. The normalized spacial score (nSPS) is 12.8. The van der Waals surface area contributed by atoms with Crippen LogP contribution in [0, 0.1) is 0 Å². The molecule has 17 aromatic carbocycles. The fourth-order valence-corrected chi connectivity index (χ4v) is 20.7. The Morgan fingerprint density at radius 1 is 0.215 bits per heavy atom. The second kappa shape index (κ2) is 32.6. The lowest BCUT2D eigenvalue weighted by molar-refractivity contribution is 0.590. The van der Waals surface area contributed by atoms with E-state index in [2.05, 4.69) is 494 Å². The van der Waals surface area contributed by atoms with Crippen LogP contribution in [0.15, 0.2) is 364 Å². The molecule has 2 aliphatic rings. The van der Waals surface area contributed by atoms with Gasteiger partial charge in [0.1, 0.15) is 0 Å². The van der Waals surface area contributed by atoms with Crippen LogP contribution in [0.3, 0.4) is 0 Å². The van der Waals surface area contributed by atoms with Gasteiger partial charge in [0.05, 0.1) is 33.4 Å². The van der Waals surface area contributed by atoms with Gasteiger partial charge in [-0.25, -0.2) is 0 Å². The molecule has 0 spiro atoms. The smallest absolute Gasteiger partial charge is 0.252 e. The van der Waals surface area contributed by atoms with E-state index < -0.39 is 0 Å². The number of aromatic nitrogens is 2. The van der Waals surface area contributed by atoms with E-state index >= 15 is 0 Å². The Morgan fingerprint density at radius 3 is 0.769 bits per heavy atom. The van der Waals surface area contributed by atoms with Gasteiger partial charge in [-0.15, -0.1) is 0 Å². The predicted octanol–water partition coefficient (Wildman–Crippen LogP) is 33.5. The Kier molecular flexibility index (Phi) is 20.8. The Morgan fingerprint density at radius 2 is 0.477 bits per heavy atom. The number of nitrogens with zero attached hydrogens (tertiary/aromatic N) is 4. The summed E-state index contributed by atoms with van der Waals surface area (Å²) in [6.45, 7) is 37.4. The van der Waals surface area contributed by atoms with Crippen LogP contribution in [0.25, 0.3) is 144 Å². The topological polar surface area (TPSA) is 16.3 Å². The molecule has 2 aromatic heterocycles. The molecule has 0 amide bonds. The molecule has 21 rings (SSSR count). The summed E-state index contributed by atoms with van der Waals surface area (Å²) in [5, 5.41) is 5.08. The summed E-state index contributed by atoms with van der Waals surface area (Å²) in [6, 6.07) is 141. The van der Waals surface area contributed by atoms with E-state index in [9.17, 15) is 0 Å². The Balaban J connectivity index is 0.923. The molecule has 0 aliphatic carbocycles. The first-order valence-corrected chi connectivity index (χ1v) is 47.1. The molecule has 636 valence electrons. The number of rotatable bonds is 17. The molecule has 0 saturated heterocycles. The van der Waals surface area contributed by atoms with Crippen LogP contribution in [0.5, 0.6) is 0 Å². The van der Waals surface area contributed by atoms with E-state index in [1.807, 2.05) is 0 Å². The maximum absolute atomic E-state index is 2.79. The molecule has 0 unspecified atom stereocenters. The standard InChI is InChI=1S/C125H113BN4/c1-77(2)86-49-57-113-107(65-86)108-66-87(78(3)4)50-58-114(108)127(113)101-53-55-111-117(75-101)129(122-103(84-37-25-19-26-38-84)71-99(124(11,12)13)73-105(122)96-47-31-45-94(63-96)92-43-29-41-90(61-92)82-33-21-17-22-34-82)119-69-98(81(9)10)70-120-121(119)126(111)112-56-54-102(128-115-59-51-88(79(5)6)67-109(115)110-68-89(80(7)8)52-60-116(110)128)76-118(112)130(120)123-104(85-39-27-20-28-40-85)72-100(125(14,15)16)74-106(123)97-48-32-46-95(64-97)93-44-30-42-91(62-93)83-35-23-18-24-36-83/h17-81H,1-16H3. The van der Waals surface area contributed by atoms with Gasteiger partial charge in [0.25, 0.3) is 6.71 Å². The van der Waals surface area contributed by atoms with Crippen molar-refractivity contribution in [2.75, 3.05) is 9.80 Å². The zero-order valence-corrected chi connectivity index (χ0v) is 77.9. The van der Waals surface area contributed by atoms with Crippen molar-refractivity contribution in [3.63, 3.8) is 0 Å². The maximum atomic E-state index is 2.79. The highest BCUT2D eigenvalue weighted by atomic mass is 15.2. The molecule has 5 heteroatoms. The Labute approximate surface area is 769 Å². The van der Waals surface area contributed by atoms with Crippen molar-refractivity contribution in [2.24, 2.45) is 0 Å². The van der Waals surface area contributed by atoms with E-state index in [0.717, 1.165) is 112 Å². The summed E-state index contributed by atoms with van der Waals surface area (Å²) in [6.07, 6.45) is 0. The molecule has 0 fully saturated rings. The minimum atomic E-state index is -0.303. The molecule has 0 bridgehead atoms. The van der Waals surface area contributed by atoms with Crippen LogP contribution < -0.4 is 26.2 Å². The number of fused-ring (bicyclic) bond motifs is 10. The first kappa shape index (κ1) is 82.9. The van der Waals surface area contributed by atoms with Crippen molar-refractivity contribution in [3.05, 3.63) is 403 Å². The SMILES string of the molecule is CC(C)c1cc2c3c(c1)N(c1c(-c4ccccc4)cc(C(C)(C)C)cc1-c1cccc(-c4cccc(-c5ccccc5)c4)c1)c1cc(-n4c5ccc(C(C)C)cc5c5cc(C(C)C)ccc54)ccc1B3c1ccc(-n3c4ccc(C(C)C)cc4c4cc(C(C)C)ccc43)cc1N2c1c(-c2ccccc2)cc(C(C)(C)C)cc1-c1cccc(-c2cccc(-c3ccccc3)c2)c1. The minimum absolute atomic E-state index is 0.0663. The zero-order valence-electron chi connectivity index (χ0n) is 77.9. The molecule has 2 aliphatic heterocycles. The molecule has 4 nitrogen and oxygen atoms in total. The number of benzene rings is 17. The third kappa shape index (κ3) is 14.6. The van der Waals surface area contributed by atoms with Crippen molar-refractivity contribution in [2.45, 2.75) is 151 Å². The largest absolute Gasteiger partial charge is 0.310 e. The third-order valence-corrected chi connectivity index (χ3v) is 28.1. The lowest BCUT2D eigenvalue weighted by Crippen LogP contribution is -2.61. The van der Waals surface area contributed by atoms with E-state index in [4.69, 9.17) is 0 Å². The van der Waals surface area contributed by atoms with Gasteiger partial charge in [-0.05, 0) is 296 Å². The quantitative estimate of drug-likeness (QED) is 0.0845. The van der Waals surface area contributed by atoms with Gasteiger partial charge in [0.2, 0.25) is 0 Å². The highest BCUT2D eigenvalue weighted by Crippen LogP contribution is 2.57. The van der Waals surface area contributed by atoms with Crippen LogP contribution in [-0.2, 0) is 10.8 Å². The van der Waals surface area contributed by atoms with Crippen molar-refractivity contribution >= 4 is 101 Å². The van der Waals surface area contributed by atoms with Crippen molar-refractivity contribution in [1.82, 2.24) is 9.13 Å². The van der Waals surface area contributed by atoms with Gasteiger partial charge in [-0.2, -0.15) is 0 Å². The molecule has 0 N–H and O–H groups in total. The van der Waals surface area contributed by atoms with Crippen LogP contribution in [0.1, 0.15) is 179 Å². The average molecular weight is 1680 g/mol. The molecule has 19 aromatic rings. The second-order valence-electron chi connectivity index (χ2n) is 40.2. The zero-order chi connectivity index (χ0) is 89.4. The summed E-state index contributed by atoms with van der Waals surface area (Å²) in [5.74, 6) is 1.43. The molecule has 0 radical (unpaired) electrons. The highest BCUT2D eigenvalue weighted by Gasteiger charge is 2.47. The molecule has 130 heavy (non-hydrogen) atoms. The Hall–Kier alpha value is -14.0. The van der Waals surface area contributed by atoms with Gasteiger partial charge < -0.3 is 18.9 Å². The van der Waals surface area contributed by atoms with Crippen molar-refractivity contribution in [1.29, 1.82) is 0 Å². The second-order valence-corrected chi connectivity index (χ2v) is 40.2. The summed E-state index contributed by atoms with van der Waals surface area (Å²) in [4.78, 5) is 5.57. The first-order valence-electron chi connectivity index (χ1n) is 47.1. The summed E-state index contributed by atoms with van der Waals surface area (Å²) >= 11 is 0. The molecule has 0 saturated carbocycles. The number of hydrogen-bond donors (Lipinski definition) is 0. The van der Waals surface area contributed by atoms with Crippen LogP contribution in [0.2, 0.25) is 0 Å². The van der Waals surface area contributed by atoms with Crippen molar-refractivity contribution < 1.29 is 0 Å². The lowest BCUT2D eigenvalue weighted by atomic mass is 9.33. The number of hydrogen-bond acceptors (Lipinski definition) is 2. The van der Waals surface area contributed by atoms with E-state index in [0.29, 0.717) is 23.7 Å². The lowest BCUT2D eigenvalue weighted by Gasteiger charge is -2.46. The molecule has 0 atom stereocenters. The monoisotopic (exact) mass is 1680 g/mol. The Bertz CT molecular complexity index is 7070. The molecular formula is C125H113BN4. The fourth-order valence-electron chi connectivity index (χ4n) is 20.7. The van der Waals surface area contributed by atoms with E-state index in [-0.39, 0.29) is 23.5 Å². The first-order chi connectivity index (χ1) is 62.8. The van der Waals surface area contributed by atoms with Crippen LogP contribution >= 0.6 is 0 Å². The van der Waals surface area contributed by atoms with Gasteiger partial charge in [0, 0.05) is 77.9 Å². The summed E-state index contributed by atoms with van der Waals surface area (Å²) < 4.78 is 5.17. The summed E-state index contributed by atoms with van der Waals surface area (Å²) in [7, 11) is 0. The minimum Gasteiger partial charge on any atom is -0.310 e.